The molecule has 0 unspecified atom stereocenters. The van der Waals surface area contributed by atoms with Gasteiger partial charge < -0.3 is 4.42 Å². The number of para-hydroxylation sites is 1. The van der Waals surface area contributed by atoms with Crippen LogP contribution in [0, 0.1) is 12.7 Å². The Morgan fingerprint density at radius 1 is 0.920 bits per heavy atom. The molecule has 0 aliphatic rings. The van der Waals surface area contributed by atoms with Crippen LogP contribution in [-0.4, -0.2) is 5.78 Å². The van der Waals surface area contributed by atoms with Crippen molar-refractivity contribution in [2.45, 2.75) is 6.92 Å². The molecule has 0 bridgehead atoms. The van der Waals surface area contributed by atoms with Gasteiger partial charge in [0.25, 0.3) is 0 Å². The molecule has 1 aromatic heterocycles. The summed E-state index contributed by atoms with van der Waals surface area (Å²) in [5.74, 6) is 0.0801. The third-order valence-electron chi connectivity index (χ3n) is 4.28. The first-order chi connectivity index (χ1) is 12.1. The van der Waals surface area contributed by atoms with Crippen LogP contribution in [0.5, 0.6) is 0 Å². The van der Waals surface area contributed by atoms with Gasteiger partial charge >= 0.3 is 0 Å². The summed E-state index contributed by atoms with van der Waals surface area (Å²) in [6.45, 7) is 1.69. The zero-order valence-electron chi connectivity index (χ0n) is 13.6. The third-order valence-corrected chi connectivity index (χ3v) is 4.28. The van der Waals surface area contributed by atoms with Crippen molar-refractivity contribution in [2.24, 2.45) is 0 Å². The van der Waals surface area contributed by atoms with Gasteiger partial charge in [0.05, 0.1) is 5.56 Å². The van der Waals surface area contributed by atoms with Crippen molar-refractivity contribution < 1.29 is 13.6 Å². The molecule has 0 radical (unpaired) electrons. The number of furan rings is 1. The molecule has 0 amide bonds. The maximum Gasteiger partial charge on any atom is 0.197 e. The molecule has 0 saturated carbocycles. The molecule has 0 aliphatic carbocycles. The number of hydrogen-bond acceptors (Lipinski definition) is 2. The first-order valence-corrected chi connectivity index (χ1v) is 8.03. The van der Waals surface area contributed by atoms with Gasteiger partial charge in [0.1, 0.15) is 17.2 Å². The topological polar surface area (TPSA) is 30.2 Å². The minimum atomic E-state index is -0.282. The molecule has 3 aromatic carbocycles. The second kappa shape index (κ2) is 6.02. The quantitative estimate of drug-likeness (QED) is 0.446. The summed E-state index contributed by atoms with van der Waals surface area (Å²) < 4.78 is 19.6. The van der Waals surface area contributed by atoms with Crippen LogP contribution in [0.3, 0.4) is 0 Å². The Hall–Kier alpha value is -3.20. The first-order valence-electron chi connectivity index (χ1n) is 8.03. The van der Waals surface area contributed by atoms with E-state index in [1.165, 1.54) is 6.07 Å². The molecule has 0 saturated heterocycles. The van der Waals surface area contributed by atoms with Crippen LogP contribution in [-0.2, 0) is 0 Å². The van der Waals surface area contributed by atoms with Crippen molar-refractivity contribution in [1.29, 1.82) is 0 Å². The van der Waals surface area contributed by atoms with E-state index >= 15 is 0 Å². The molecule has 2 nitrogen and oxygen atoms in total. The normalized spacial score (nSPS) is 11.0. The molecule has 4 rings (SSSR count). The summed E-state index contributed by atoms with van der Waals surface area (Å²) in [7, 11) is 0. The fourth-order valence-corrected chi connectivity index (χ4v) is 2.99. The molecular formula is C22H15FO2. The number of ketones is 1. The molecule has 122 valence electrons. The predicted octanol–water partition coefficient (Wildman–Crippen LogP) is 5.78. The van der Waals surface area contributed by atoms with Crippen molar-refractivity contribution in [3.05, 3.63) is 95.3 Å². The second-order valence-corrected chi connectivity index (χ2v) is 5.96. The highest BCUT2D eigenvalue weighted by Crippen LogP contribution is 2.35. The number of halogens is 1. The molecule has 0 aliphatic heterocycles. The van der Waals surface area contributed by atoms with Crippen molar-refractivity contribution in [1.82, 2.24) is 0 Å². The minimum absolute atomic E-state index is 0.109. The van der Waals surface area contributed by atoms with Crippen molar-refractivity contribution >= 4 is 16.8 Å². The zero-order chi connectivity index (χ0) is 17.4. The Bertz CT molecular complexity index is 1080. The van der Waals surface area contributed by atoms with Gasteiger partial charge in [0, 0.05) is 16.5 Å². The largest absolute Gasteiger partial charge is 0.455 e. The SMILES string of the molecule is Cc1cc(-c2oc3ccccc3c2C(=O)c2ccccc2)ccc1F. The lowest BCUT2D eigenvalue weighted by molar-refractivity contribution is 0.104. The van der Waals surface area contributed by atoms with Crippen LogP contribution >= 0.6 is 0 Å². The van der Waals surface area contributed by atoms with Crippen LogP contribution in [0.2, 0.25) is 0 Å². The number of carbonyl (C=O) groups is 1. The number of rotatable bonds is 3. The fourth-order valence-electron chi connectivity index (χ4n) is 2.99. The van der Waals surface area contributed by atoms with E-state index in [4.69, 9.17) is 4.42 Å². The van der Waals surface area contributed by atoms with E-state index in [0.29, 0.717) is 33.6 Å². The standard InChI is InChI=1S/C22H15FO2/c1-14-13-16(11-12-18(14)23)22-20(17-9-5-6-10-19(17)25-22)21(24)15-7-3-2-4-8-15/h2-13H,1H3. The van der Waals surface area contributed by atoms with Gasteiger partial charge in [-0.3, -0.25) is 4.79 Å². The summed E-state index contributed by atoms with van der Waals surface area (Å²) in [6.07, 6.45) is 0. The molecule has 0 spiro atoms. The molecule has 25 heavy (non-hydrogen) atoms. The van der Waals surface area contributed by atoms with E-state index in [9.17, 15) is 9.18 Å². The summed E-state index contributed by atoms with van der Waals surface area (Å²) in [6, 6.07) is 21.3. The van der Waals surface area contributed by atoms with E-state index < -0.39 is 0 Å². The summed E-state index contributed by atoms with van der Waals surface area (Å²) in [4.78, 5) is 13.1. The zero-order valence-corrected chi connectivity index (χ0v) is 13.6. The third kappa shape index (κ3) is 2.64. The van der Waals surface area contributed by atoms with Crippen LogP contribution in [0.25, 0.3) is 22.3 Å². The average molecular weight is 330 g/mol. The average Bonchev–Trinajstić information content (AvgIpc) is 3.03. The van der Waals surface area contributed by atoms with Crippen LogP contribution in [0.15, 0.2) is 77.2 Å². The van der Waals surface area contributed by atoms with Gasteiger partial charge in [-0.05, 0) is 36.8 Å². The maximum absolute atomic E-state index is 13.6. The number of aryl methyl sites for hydroxylation is 1. The Balaban J connectivity index is 1.98. The lowest BCUT2D eigenvalue weighted by Crippen LogP contribution is -2.02. The van der Waals surface area contributed by atoms with E-state index in [1.54, 1.807) is 31.2 Å². The molecule has 3 heteroatoms. The van der Waals surface area contributed by atoms with E-state index in [-0.39, 0.29) is 11.6 Å². The second-order valence-electron chi connectivity index (χ2n) is 5.96. The number of carbonyl (C=O) groups excluding carboxylic acids is 1. The van der Waals surface area contributed by atoms with Gasteiger partial charge in [-0.15, -0.1) is 0 Å². The summed E-state index contributed by atoms with van der Waals surface area (Å²) in [5.41, 5.74) is 2.94. The predicted molar refractivity (Wildman–Crippen MR) is 96.2 cm³/mol. The molecule has 1 heterocycles. The Morgan fingerprint density at radius 3 is 2.40 bits per heavy atom. The van der Waals surface area contributed by atoms with E-state index in [1.807, 2.05) is 42.5 Å². The molecule has 0 atom stereocenters. The number of hydrogen-bond donors (Lipinski definition) is 0. The monoisotopic (exact) mass is 330 g/mol. The van der Waals surface area contributed by atoms with Crippen molar-refractivity contribution in [3.63, 3.8) is 0 Å². The highest BCUT2D eigenvalue weighted by atomic mass is 19.1. The Kier molecular flexibility index (Phi) is 3.69. The van der Waals surface area contributed by atoms with Crippen LogP contribution in [0.1, 0.15) is 21.5 Å². The summed E-state index contributed by atoms with van der Waals surface area (Å²) in [5, 5.41) is 0.758. The Morgan fingerprint density at radius 2 is 1.64 bits per heavy atom. The van der Waals surface area contributed by atoms with Gasteiger partial charge in [0.2, 0.25) is 0 Å². The fraction of sp³-hybridized carbons (Fsp3) is 0.0455. The maximum atomic E-state index is 13.6. The highest BCUT2D eigenvalue weighted by Gasteiger charge is 2.23. The first kappa shape index (κ1) is 15.3. The van der Waals surface area contributed by atoms with Crippen LogP contribution in [0.4, 0.5) is 4.39 Å². The van der Waals surface area contributed by atoms with Gasteiger partial charge in [0.15, 0.2) is 5.78 Å². The van der Waals surface area contributed by atoms with E-state index in [2.05, 4.69) is 0 Å². The lowest BCUT2D eigenvalue weighted by Gasteiger charge is -2.05. The van der Waals surface area contributed by atoms with Gasteiger partial charge in [-0.1, -0.05) is 48.5 Å². The van der Waals surface area contributed by atoms with Crippen molar-refractivity contribution in [2.75, 3.05) is 0 Å². The molecule has 0 fully saturated rings. The molecular weight excluding hydrogens is 315 g/mol. The molecule has 0 N–H and O–H groups in total. The van der Waals surface area contributed by atoms with Crippen molar-refractivity contribution in [3.8, 4) is 11.3 Å². The summed E-state index contributed by atoms with van der Waals surface area (Å²) >= 11 is 0. The van der Waals surface area contributed by atoms with Crippen LogP contribution < -0.4 is 0 Å². The Labute approximate surface area is 144 Å². The number of benzene rings is 3. The van der Waals surface area contributed by atoms with Gasteiger partial charge in [-0.25, -0.2) is 4.39 Å². The number of fused-ring (bicyclic) bond motifs is 1. The van der Waals surface area contributed by atoms with Gasteiger partial charge in [-0.2, -0.15) is 0 Å². The lowest BCUT2D eigenvalue weighted by atomic mass is 9.97. The highest BCUT2D eigenvalue weighted by molar-refractivity contribution is 6.19. The molecule has 4 aromatic rings. The van der Waals surface area contributed by atoms with E-state index in [0.717, 1.165) is 5.39 Å². The minimum Gasteiger partial charge on any atom is -0.455 e. The smallest absolute Gasteiger partial charge is 0.197 e.